The van der Waals surface area contributed by atoms with Crippen molar-refractivity contribution in [3.63, 3.8) is 0 Å². The van der Waals surface area contributed by atoms with Crippen LogP contribution in [0.25, 0.3) is 5.69 Å². The van der Waals surface area contributed by atoms with Crippen molar-refractivity contribution < 1.29 is 14.3 Å². The van der Waals surface area contributed by atoms with Crippen LogP contribution in [-0.4, -0.2) is 46.0 Å². The molecule has 0 aliphatic carbocycles. The predicted octanol–water partition coefficient (Wildman–Crippen LogP) is 5.37. The zero-order valence-electron chi connectivity index (χ0n) is 24.0. The number of rotatable bonds is 7. The van der Waals surface area contributed by atoms with Gasteiger partial charge in [0.1, 0.15) is 18.1 Å². The van der Waals surface area contributed by atoms with Crippen LogP contribution in [0.2, 0.25) is 0 Å². The predicted molar refractivity (Wildman–Crippen MR) is 163 cm³/mol. The Balaban J connectivity index is 1.66. The molecule has 5 rings (SSSR count). The van der Waals surface area contributed by atoms with Crippen molar-refractivity contribution in [1.29, 1.82) is 0 Å². The number of thioether (sulfide) groups is 1. The zero-order valence-corrected chi connectivity index (χ0v) is 24.9. The SMILES string of the molecule is COc1ccc(-n2nc(C(C)(C)C)c3c2N(CC(=O)NCc2ccncc2)C(=O)CSC3c2ccccc2C)cc1. The first kappa shape index (κ1) is 28.4. The van der Waals surface area contributed by atoms with Gasteiger partial charge in [0.15, 0.2) is 0 Å². The molecular formula is C32H35N5O3S. The Bertz CT molecular complexity index is 1540. The highest BCUT2D eigenvalue weighted by molar-refractivity contribution is 8.00. The van der Waals surface area contributed by atoms with Gasteiger partial charge in [-0.05, 0) is 60.0 Å². The fourth-order valence-electron chi connectivity index (χ4n) is 5.00. The number of nitrogens with one attached hydrogen (secondary N) is 1. The standard InChI is InChI=1S/C32H35N5O3S/c1-21-8-6-7-9-25(21)29-28-30(32(2,3)4)35-37(23-10-12-24(40-5)13-11-23)31(28)36(27(39)20-41-29)19-26(38)34-18-22-14-16-33-17-15-22/h6-17,29H,18-20H2,1-5H3,(H,34,38). The number of carbonyl (C=O) groups is 2. The molecule has 8 nitrogen and oxygen atoms in total. The number of pyridine rings is 1. The Morgan fingerprint density at radius 3 is 2.44 bits per heavy atom. The smallest absolute Gasteiger partial charge is 0.240 e. The average molecular weight is 570 g/mol. The number of hydrogen-bond acceptors (Lipinski definition) is 6. The van der Waals surface area contributed by atoms with E-state index >= 15 is 0 Å². The molecule has 2 amide bonds. The summed E-state index contributed by atoms with van der Waals surface area (Å²) < 4.78 is 7.21. The fourth-order valence-corrected chi connectivity index (χ4v) is 6.30. The molecule has 0 radical (unpaired) electrons. The number of fused-ring (bicyclic) bond motifs is 1. The van der Waals surface area contributed by atoms with Gasteiger partial charge in [0.25, 0.3) is 0 Å². The second-order valence-electron chi connectivity index (χ2n) is 11.1. The summed E-state index contributed by atoms with van der Waals surface area (Å²) in [5, 5.41) is 7.98. The molecule has 1 aliphatic rings. The van der Waals surface area contributed by atoms with Crippen molar-refractivity contribution in [2.75, 3.05) is 24.3 Å². The monoisotopic (exact) mass is 569 g/mol. The Hall–Kier alpha value is -4.11. The molecule has 1 atom stereocenters. The minimum absolute atomic E-state index is 0.122. The van der Waals surface area contributed by atoms with E-state index in [4.69, 9.17) is 9.84 Å². The number of nitrogens with zero attached hydrogens (tertiary/aromatic N) is 4. The van der Waals surface area contributed by atoms with E-state index in [0.29, 0.717) is 12.4 Å². The summed E-state index contributed by atoms with van der Waals surface area (Å²) in [6.07, 6.45) is 3.38. The minimum atomic E-state index is -0.327. The van der Waals surface area contributed by atoms with E-state index in [2.05, 4.69) is 50.1 Å². The number of benzene rings is 2. The van der Waals surface area contributed by atoms with Gasteiger partial charge in [0, 0.05) is 29.9 Å². The van der Waals surface area contributed by atoms with Crippen LogP contribution in [0.5, 0.6) is 5.75 Å². The van der Waals surface area contributed by atoms with E-state index < -0.39 is 0 Å². The lowest BCUT2D eigenvalue weighted by Gasteiger charge is -2.25. The van der Waals surface area contributed by atoms with Crippen LogP contribution in [0.1, 0.15) is 54.0 Å². The van der Waals surface area contributed by atoms with Crippen LogP contribution in [0.3, 0.4) is 0 Å². The number of aromatic nitrogens is 3. The van der Waals surface area contributed by atoms with E-state index in [-0.39, 0.29) is 34.8 Å². The molecule has 1 unspecified atom stereocenters. The van der Waals surface area contributed by atoms with Crippen LogP contribution >= 0.6 is 11.8 Å². The molecule has 0 saturated heterocycles. The Morgan fingerprint density at radius 1 is 1.07 bits per heavy atom. The van der Waals surface area contributed by atoms with E-state index in [1.165, 1.54) is 0 Å². The number of carbonyl (C=O) groups excluding carboxylic acids is 2. The quantitative estimate of drug-likeness (QED) is 0.322. The molecule has 4 aromatic rings. The maximum Gasteiger partial charge on any atom is 0.240 e. The number of ether oxygens (including phenoxy) is 1. The summed E-state index contributed by atoms with van der Waals surface area (Å²) in [6, 6.07) is 19.6. The first-order valence-corrected chi connectivity index (χ1v) is 14.6. The van der Waals surface area contributed by atoms with Crippen LogP contribution in [0, 0.1) is 6.92 Å². The number of hydrogen-bond donors (Lipinski definition) is 1. The third kappa shape index (κ3) is 6.00. The summed E-state index contributed by atoms with van der Waals surface area (Å²) >= 11 is 1.58. The normalized spacial score (nSPS) is 15.3. The van der Waals surface area contributed by atoms with Gasteiger partial charge in [-0.3, -0.25) is 19.5 Å². The van der Waals surface area contributed by atoms with Gasteiger partial charge in [-0.1, -0.05) is 45.0 Å². The van der Waals surface area contributed by atoms with Gasteiger partial charge < -0.3 is 10.1 Å². The van der Waals surface area contributed by atoms with Crippen LogP contribution in [-0.2, 0) is 21.5 Å². The molecule has 0 bridgehead atoms. The summed E-state index contributed by atoms with van der Waals surface area (Å²) in [5.74, 6) is 1.20. The van der Waals surface area contributed by atoms with E-state index in [1.54, 1.807) is 36.2 Å². The van der Waals surface area contributed by atoms with Gasteiger partial charge in [0.2, 0.25) is 11.8 Å². The molecule has 2 aromatic carbocycles. The van der Waals surface area contributed by atoms with E-state index in [0.717, 1.165) is 39.4 Å². The van der Waals surface area contributed by atoms with Gasteiger partial charge in [-0.25, -0.2) is 4.68 Å². The van der Waals surface area contributed by atoms with Gasteiger partial charge >= 0.3 is 0 Å². The molecule has 41 heavy (non-hydrogen) atoms. The highest BCUT2D eigenvalue weighted by Gasteiger charge is 2.40. The number of aryl methyl sites for hydroxylation is 1. The molecule has 0 spiro atoms. The number of amides is 2. The highest BCUT2D eigenvalue weighted by Crippen LogP contribution is 2.49. The van der Waals surface area contributed by atoms with Crippen molar-refractivity contribution >= 4 is 29.4 Å². The first-order valence-electron chi connectivity index (χ1n) is 13.6. The molecule has 0 fully saturated rings. The molecular weight excluding hydrogens is 534 g/mol. The summed E-state index contributed by atoms with van der Waals surface area (Å²) in [5.41, 5.74) is 5.51. The second kappa shape index (κ2) is 11.8. The third-order valence-electron chi connectivity index (χ3n) is 7.13. The molecule has 9 heteroatoms. The van der Waals surface area contributed by atoms with Crippen molar-refractivity contribution in [1.82, 2.24) is 20.1 Å². The molecule has 3 heterocycles. The van der Waals surface area contributed by atoms with Gasteiger partial charge in [-0.15, -0.1) is 11.8 Å². The van der Waals surface area contributed by atoms with Crippen LogP contribution in [0.4, 0.5) is 5.82 Å². The lowest BCUT2D eigenvalue weighted by molar-refractivity contribution is -0.123. The average Bonchev–Trinajstić information content (AvgIpc) is 3.31. The number of methoxy groups -OCH3 is 1. The number of anilines is 1. The Labute approximate surface area is 245 Å². The molecule has 2 aromatic heterocycles. The zero-order chi connectivity index (χ0) is 29.1. The van der Waals surface area contributed by atoms with Crippen molar-refractivity contribution in [3.05, 3.63) is 101 Å². The molecule has 0 saturated carbocycles. The molecule has 1 N–H and O–H groups in total. The molecule has 1 aliphatic heterocycles. The minimum Gasteiger partial charge on any atom is -0.497 e. The molecule has 212 valence electrons. The lowest BCUT2D eigenvalue weighted by Crippen LogP contribution is -2.42. The lowest BCUT2D eigenvalue weighted by atomic mass is 9.86. The van der Waals surface area contributed by atoms with Crippen molar-refractivity contribution in [3.8, 4) is 11.4 Å². The second-order valence-corrected chi connectivity index (χ2v) is 12.2. The first-order chi connectivity index (χ1) is 19.7. The van der Waals surface area contributed by atoms with Gasteiger partial charge in [0.05, 0.1) is 29.5 Å². The Morgan fingerprint density at radius 2 is 1.78 bits per heavy atom. The van der Waals surface area contributed by atoms with Crippen molar-refractivity contribution in [2.24, 2.45) is 0 Å². The summed E-state index contributed by atoms with van der Waals surface area (Å²) in [6.45, 7) is 8.71. The topological polar surface area (TPSA) is 89.3 Å². The van der Waals surface area contributed by atoms with E-state index in [1.807, 2.05) is 53.2 Å². The third-order valence-corrected chi connectivity index (χ3v) is 8.36. The fraction of sp³-hybridized carbons (Fsp3) is 0.312. The highest BCUT2D eigenvalue weighted by atomic mass is 32.2. The summed E-state index contributed by atoms with van der Waals surface area (Å²) in [4.78, 5) is 32.8. The van der Waals surface area contributed by atoms with E-state index in [9.17, 15) is 9.59 Å². The van der Waals surface area contributed by atoms with Gasteiger partial charge in [-0.2, -0.15) is 5.10 Å². The Kier molecular flexibility index (Phi) is 8.17. The maximum atomic E-state index is 13.8. The van der Waals surface area contributed by atoms with Crippen LogP contribution < -0.4 is 15.0 Å². The summed E-state index contributed by atoms with van der Waals surface area (Å²) in [7, 11) is 1.63. The van der Waals surface area contributed by atoms with Crippen LogP contribution in [0.15, 0.2) is 73.1 Å². The maximum absolute atomic E-state index is 13.8. The largest absolute Gasteiger partial charge is 0.497 e. The van der Waals surface area contributed by atoms with Crippen molar-refractivity contribution in [2.45, 2.75) is 44.9 Å².